The van der Waals surface area contributed by atoms with Crippen LogP contribution < -0.4 is 4.74 Å². The summed E-state index contributed by atoms with van der Waals surface area (Å²) in [5.41, 5.74) is 0.636. The fourth-order valence-corrected chi connectivity index (χ4v) is 2.50. The van der Waals surface area contributed by atoms with Crippen LogP contribution in [-0.4, -0.2) is 12.4 Å². The molecule has 0 atom stereocenters. The largest absolute Gasteiger partial charge is 0.492 e. The Morgan fingerprint density at radius 2 is 2.00 bits per heavy atom. The Labute approximate surface area is 118 Å². The molecule has 0 saturated heterocycles. The normalized spacial score (nSPS) is 12.9. The van der Waals surface area contributed by atoms with Gasteiger partial charge in [-0.2, -0.15) is 0 Å². The van der Waals surface area contributed by atoms with Crippen LogP contribution in [0.25, 0.3) is 0 Å². The zero-order valence-electron chi connectivity index (χ0n) is 10.3. The van der Waals surface area contributed by atoms with Gasteiger partial charge in [-0.3, -0.25) is 4.79 Å². The lowest BCUT2D eigenvalue weighted by Gasteiger charge is -2.09. The molecule has 102 valence electrons. The first-order valence-electron chi connectivity index (χ1n) is 6.02. The van der Waals surface area contributed by atoms with Gasteiger partial charge in [0.2, 0.25) is 0 Å². The van der Waals surface area contributed by atoms with Gasteiger partial charge in [-0.05, 0) is 29.8 Å². The summed E-state index contributed by atoms with van der Waals surface area (Å²) in [7, 11) is 0. The first-order chi connectivity index (χ1) is 9.58. The molecule has 0 aromatic heterocycles. The maximum absolute atomic E-state index is 13.7. The molecule has 2 nitrogen and oxygen atoms in total. The van der Waals surface area contributed by atoms with E-state index < -0.39 is 17.4 Å². The Morgan fingerprint density at radius 1 is 1.20 bits per heavy atom. The minimum atomic E-state index is -1.16. The molecule has 0 spiro atoms. The molecule has 2 aromatic carbocycles. The van der Waals surface area contributed by atoms with Crippen molar-refractivity contribution in [3.8, 4) is 5.75 Å². The van der Waals surface area contributed by atoms with Crippen LogP contribution in [0.3, 0.4) is 0 Å². The summed E-state index contributed by atoms with van der Waals surface area (Å²) < 4.78 is 32.3. The Kier molecular flexibility index (Phi) is 3.18. The highest BCUT2D eigenvalue weighted by molar-refractivity contribution is 6.31. The van der Waals surface area contributed by atoms with Gasteiger partial charge in [0.05, 0.1) is 17.7 Å². The van der Waals surface area contributed by atoms with E-state index in [0.29, 0.717) is 23.8 Å². The second-order valence-electron chi connectivity index (χ2n) is 4.47. The summed E-state index contributed by atoms with van der Waals surface area (Å²) in [5, 5.41) is 0.370. The van der Waals surface area contributed by atoms with Crippen LogP contribution in [-0.2, 0) is 6.42 Å². The van der Waals surface area contributed by atoms with Crippen molar-refractivity contribution in [1.29, 1.82) is 0 Å². The highest BCUT2D eigenvalue weighted by Crippen LogP contribution is 2.34. The van der Waals surface area contributed by atoms with Crippen LogP contribution >= 0.6 is 11.6 Å². The molecule has 0 amide bonds. The number of benzene rings is 2. The highest BCUT2D eigenvalue weighted by Gasteiger charge is 2.25. The summed E-state index contributed by atoms with van der Waals surface area (Å²) in [6, 6.07) is 6.62. The molecule has 0 saturated carbocycles. The van der Waals surface area contributed by atoms with E-state index in [-0.39, 0.29) is 11.1 Å². The molecule has 0 N–H and O–H groups in total. The number of hydrogen-bond donors (Lipinski definition) is 0. The SMILES string of the molecule is O=C(c1cccc(F)c1F)c1cc(Cl)cc2c1OCC2. The summed E-state index contributed by atoms with van der Waals surface area (Å²) >= 11 is 5.96. The minimum Gasteiger partial charge on any atom is -0.492 e. The number of carbonyl (C=O) groups is 1. The number of rotatable bonds is 2. The Morgan fingerprint density at radius 3 is 2.80 bits per heavy atom. The Hall–Kier alpha value is -1.94. The number of hydrogen-bond acceptors (Lipinski definition) is 2. The fraction of sp³-hybridized carbons (Fsp3) is 0.133. The highest BCUT2D eigenvalue weighted by atomic mass is 35.5. The van der Waals surface area contributed by atoms with Crippen molar-refractivity contribution in [2.75, 3.05) is 6.61 Å². The molecule has 1 aliphatic rings. The summed E-state index contributed by atoms with van der Waals surface area (Å²) in [4.78, 5) is 12.4. The van der Waals surface area contributed by atoms with Gasteiger partial charge in [0.1, 0.15) is 5.75 Å². The summed E-state index contributed by atoms with van der Waals surface area (Å²) in [5.74, 6) is -2.45. The summed E-state index contributed by atoms with van der Waals surface area (Å²) in [6.07, 6.45) is 0.641. The topological polar surface area (TPSA) is 26.3 Å². The lowest BCUT2D eigenvalue weighted by atomic mass is 9.99. The van der Waals surface area contributed by atoms with E-state index in [1.54, 1.807) is 6.07 Å². The van der Waals surface area contributed by atoms with Gasteiger partial charge < -0.3 is 4.74 Å². The third-order valence-corrected chi connectivity index (χ3v) is 3.41. The van der Waals surface area contributed by atoms with Crippen molar-refractivity contribution >= 4 is 17.4 Å². The lowest BCUT2D eigenvalue weighted by molar-refractivity contribution is 0.103. The van der Waals surface area contributed by atoms with Crippen LogP contribution in [0.15, 0.2) is 30.3 Å². The monoisotopic (exact) mass is 294 g/mol. The molecule has 0 bridgehead atoms. The molecule has 0 radical (unpaired) electrons. The zero-order valence-corrected chi connectivity index (χ0v) is 11.0. The first kappa shape index (κ1) is 13.1. The standard InChI is InChI=1S/C15H9ClF2O2/c16-9-6-8-4-5-20-15(8)11(7-9)14(19)10-2-1-3-12(17)13(10)18/h1-3,6-7H,4-5H2. The average Bonchev–Trinajstić information content (AvgIpc) is 2.88. The van der Waals surface area contributed by atoms with Crippen LogP contribution in [0.5, 0.6) is 5.75 Å². The van der Waals surface area contributed by atoms with E-state index in [0.717, 1.165) is 11.6 Å². The number of halogens is 3. The van der Waals surface area contributed by atoms with Gasteiger partial charge in [0.25, 0.3) is 0 Å². The van der Waals surface area contributed by atoms with Crippen molar-refractivity contribution in [2.45, 2.75) is 6.42 Å². The van der Waals surface area contributed by atoms with Crippen molar-refractivity contribution < 1.29 is 18.3 Å². The maximum Gasteiger partial charge on any atom is 0.199 e. The van der Waals surface area contributed by atoms with E-state index in [2.05, 4.69) is 0 Å². The van der Waals surface area contributed by atoms with E-state index in [9.17, 15) is 13.6 Å². The van der Waals surface area contributed by atoms with Crippen molar-refractivity contribution in [1.82, 2.24) is 0 Å². The maximum atomic E-state index is 13.7. The van der Waals surface area contributed by atoms with Crippen molar-refractivity contribution in [2.24, 2.45) is 0 Å². The van der Waals surface area contributed by atoms with Crippen LogP contribution in [0.2, 0.25) is 5.02 Å². The van der Waals surface area contributed by atoms with Gasteiger partial charge in [-0.15, -0.1) is 0 Å². The smallest absolute Gasteiger partial charge is 0.199 e. The molecule has 2 aromatic rings. The van der Waals surface area contributed by atoms with Crippen LogP contribution in [0.4, 0.5) is 8.78 Å². The predicted molar refractivity (Wildman–Crippen MR) is 70.4 cm³/mol. The third-order valence-electron chi connectivity index (χ3n) is 3.19. The number of ketones is 1. The molecule has 0 fully saturated rings. The lowest BCUT2D eigenvalue weighted by Crippen LogP contribution is -2.07. The fourth-order valence-electron chi connectivity index (χ4n) is 2.26. The molecule has 0 aliphatic carbocycles. The van der Waals surface area contributed by atoms with Crippen LogP contribution in [0, 0.1) is 11.6 Å². The molecule has 1 aliphatic heterocycles. The van der Waals surface area contributed by atoms with E-state index >= 15 is 0 Å². The van der Waals surface area contributed by atoms with Crippen LogP contribution in [0.1, 0.15) is 21.5 Å². The molecule has 1 heterocycles. The second-order valence-corrected chi connectivity index (χ2v) is 4.91. The third kappa shape index (κ3) is 2.06. The predicted octanol–water partition coefficient (Wildman–Crippen LogP) is 3.78. The van der Waals surface area contributed by atoms with Gasteiger partial charge in [-0.1, -0.05) is 17.7 Å². The van der Waals surface area contributed by atoms with E-state index in [1.165, 1.54) is 18.2 Å². The Balaban J connectivity index is 2.14. The molecule has 5 heteroatoms. The summed E-state index contributed by atoms with van der Waals surface area (Å²) in [6.45, 7) is 0.446. The van der Waals surface area contributed by atoms with Crippen molar-refractivity contribution in [3.05, 3.63) is 63.7 Å². The Bertz CT molecular complexity index is 713. The van der Waals surface area contributed by atoms with E-state index in [4.69, 9.17) is 16.3 Å². The van der Waals surface area contributed by atoms with Gasteiger partial charge >= 0.3 is 0 Å². The number of fused-ring (bicyclic) bond motifs is 1. The number of ether oxygens (including phenoxy) is 1. The van der Waals surface area contributed by atoms with Crippen molar-refractivity contribution in [3.63, 3.8) is 0 Å². The minimum absolute atomic E-state index is 0.162. The quantitative estimate of drug-likeness (QED) is 0.788. The zero-order chi connectivity index (χ0) is 14.3. The van der Waals surface area contributed by atoms with Gasteiger partial charge in [-0.25, -0.2) is 8.78 Å². The number of carbonyl (C=O) groups excluding carboxylic acids is 1. The molecule has 20 heavy (non-hydrogen) atoms. The van der Waals surface area contributed by atoms with Gasteiger partial charge in [0.15, 0.2) is 17.4 Å². The molecular formula is C15H9ClF2O2. The molecular weight excluding hydrogens is 286 g/mol. The second kappa shape index (κ2) is 4.87. The first-order valence-corrected chi connectivity index (χ1v) is 6.39. The molecule has 3 rings (SSSR count). The van der Waals surface area contributed by atoms with Gasteiger partial charge in [0, 0.05) is 11.4 Å². The molecule has 0 unspecified atom stereocenters. The average molecular weight is 295 g/mol. The van der Waals surface area contributed by atoms with E-state index in [1.807, 2.05) is 0 Å².